The number of rotatable bonds is 5. The van der Waals surface area contributed by atoms with E-state index in [0.717, 1.165) is 24.8 Å². The van der Waals surface area contributed by atoms with Gasteiger partial charge in [-0.2, -0.15) is 0 Å². The van der Waals surface area contributed by atoms with E-state index in [2.05, 4.69) is 32.9 Å². The third-order valence-corrected chi connectivity index (χ3v) is 6.99. The number of ether oxygens (including phenoxy) is 1. The molecule has 3 nitrogen and oxygen atoms in total. The van der Waals surface area contributed by atoms with Crippen LogP contribution in [0, 0.1) is 5.41 Å². The Labute approximate surface area is 193 Å². The second-order valence-electron chi connectivity index (χ2n) is 9.62. The Morgan fingerprint density at radius 2 is 1.81 bits per heavy atom. The molecule has 0 spiro atoms. The number of esters is 1. The molecule has 0 amide bonds. The predicted octanol–water partition coefficient (Wildman–Crippen LogP) is 7.33. The van der Waals surface area contributed by atoms with Crippen molar-refractivity contribution >= 4 is 12.0 Å². The van der Waals surface area contributed by atoms with Crippen LogP contribution >= 0.6 is 0 Å². The molecule has 1 N–H and O–H groups in total. The van der Waals surface area contributed by atoms with Crippen LogP contribution in [0.25, 0.3) is 6.08 Å². The Morgan fingerprint density at radius 3 is 2.44 bits per heavy atom. The summed E-state index contributed by atoms with van der Waals surface area (Å²) in [5.41, 5.74) is 4.39. The first-order valence-corrected chi connectivity index (χ1v) is 12.2. The predicted molar refractivity (Wildman–Crippen MR) is 132 cm³/mol. The Morgan fingerprint density at radius 1 is 1.09 bits per heavy atom. The van der Waals surface area contributed by atoms with E-state index in [9.17, 15) is 4.79 Å². The van der Waals surface area contributed by atoms with Crippen LogP contribution in [0.2, 0.25) is 0 Å². The fourth-order valence-corrected chi connectivity index (χ4v) is 4.43. The van der Waals surface area contributed by atoms with Crippen LogP contribution in [0.4, 0.5) is 0 Å². The number of carbonyl (C=O) groups is 1. The van der Waals surface area contributed by atoms with E-state index in [1.165, 1.54) is 43.2 Å². The molecule has 0 saturated heterocycles. The summed E-state index contributed by atoms with van der Waals surface area (Å²) in [5.74, 6) is 0.855. The zero-order valence-corrected chi connectivity index (χ0v) is 19.9. The Balaban J connectivity index is 0.000000269. The van der Waals surface area contributed by atoms with Crippen molar-refractivity contribution in [2.45, 2.75) is 78.1 Å². The lowest BCUT2D eigenvalue weighted by Gasteiger charge is -2.31. The Bertz CT molecular complexity index is 904. The largest absolute Gasteiger partial charge is 0.422 e. The molecular formula is C29H38O3. The molecule has 0 heterocycles. The van der Waals surface area contributed by atoms with Crippen molar-refractivity contribution in [3.63, 3.8) is 0 Å². The van der Waals surface area contributed by atoms with Gasteiger partial charge < -0.3 is 9.84 Å². The summed E-state index contributed by atoms with van der Waals surface area (Å²) in [4.78, 5) is 12.4. The van der Waals surface area contributed by atoms with Gasteiger partial charge in [0.25, 0.3) is 0 Å². The summed E-state index contributed by atoms with van der Waals surface area (Å²) in [6.07, 6.45) is 13.8. The van der Waals surface area contributed by atoms with E-state index < -0.39 is 0 Å². The average molecular weight is 435 g/mol. The van der Waals surface area contributed by atoms with Crippen LogP contribution < -0.4 is 4.74 Å². The summed E-state index contributed by atoms with van der Waals surface area (Å²) in [6, 6.07) is 13.7. The first kappa shape index (κ1) is 24.3. The topological polar surface area (TPSA) is 46.5 Å². The van der Waals surface area contributed by atoms with Crippen molar-refractivity contribution in [3.05, 3.63) is 70.8 Å². The number of benzene rings is 2. The fourth-order valence-electron chi connectivity index (χ4n) is 4.43. The number of aryl methyl sites for hydroxylation is 1. The van der Waals surface area contributed by atoms with Crippen LogP contribution in [-0.4, -0.2) is 17.7 Å². The summed E-state index contributed by atoms with van der Waals surface area (Å²) in [7, 11) is 0. The zero-order valence-electron chi connectivity index (χ0n) is 19.9. The average Bonchev–Trinajstić information content (AvgIpc) is 2.85. The van der Waals surface area contributed by atoms with Gasteiger partial charge in [0.1, 0.15) is 5.75 Å². The molecule has 1 atom stereocenters. The number of aliphatic hydroxyl groups is 1. The van der Waals surface area contributed by atoms with Crippen molar-refractivity contribution in [2.24, 2.45) is 5.41 Å². The highest BCUT2D eigenvalue weighted by molar-refractivity contribution is 5.91. The van der Waals surface area contributed by atoms with Gasteiger partial charge in [0.2, 0.25) is 0 Å². The quantitative estimate of drug-likeness (QED) is 0.396. The molecule has 172 valence electrons. The van der Waals surface area contributed by atoms with Gasteiger partial charge in [0.15, 0.2) is 0 Å². The van der Waals surface area contributed by atoms with Crippen molar-refractivity contribution in [2.75, 3.05) is 6.61 Å². The van der Waals surface area contributed by atoms with Crippen molar-refractivity contribution in [1.82, 2.24) is 0 Å². The molecule has 0 bridgehead atoms. The van der Waals surface area contributed by atoms with Gasteiger partial charge in [-0.25, -0.2) is 4.79 Å². The summed E-state index contributed by atoms with van der Waals surface area (Å²) >= 11 is 0. The number of aliphatic hydroxyl groups excluding tert-OH is 1. The van der Waals surface area contributed by atoms with Crippen molar-refractivity contribution in [1.29, 1.82) is 0 Å². The van der Waals surface area contributed by atoms with E-state index in [4.69, 9.17) is 9.84 Å². The number of carbonyl (C=O) groups excluding carboxylic acids is 1. The minimum atomic E-state index is -0.298. The van der Waals surface area contributed by atoms with Crippen LogP contribution in [0.5, 0.6) is 5.75 Å². The maximum Gasteiger partial charge on any atom is 0.343 e. The third kappa shape index (κ3) is 6.32. The molecule has 2 aromatic carbocycles. The number of hydrogen-bond donors (Lipinski definition) is 1. The number of fused-ring (bicyclic) bond motifs is 1. The van der Waals surface area contributed by atoms with E-state index in [0.29, 0.717) is 23.8 Å². The molecule has 32 heavy (non-hydrogen) atoms. The highest BCUT2D eigenvalue weighted by Crippen LogP contribution is 2.34. The first-order chi connectivity index (χ1) is 15.5. The molecular weight excluding hydrogens is 396 g/mol. The minimum absolute atomic E-state index is 0.276. The normalized spacial score (nSPS) is 17.5. The Hall–Kier alpha value is -2.39. The van der Waals surface area contributed by atoms with Gasteiger partial charge in [-0.15, -0.1) is 0 Å². The molecule has 4 rings (SSSR count). The molecule has 1 fully saturated rings. The maximum absolute atomic E-state index is 12.4. The second kappa shape index (κ2) is 11.5. The molecule has 2 aliphatic carbocycles. The smallest absolute Gasteiger partial charge is 0.343 e. The summed E-state index contributed by atoms with van der Waals surface area (Å²) in [6.45, 7) is 6.92. The van der Waals surface area contributed by atoms with Crippen molar-refractivity contribution < 1.29 is 14.6 Å². The third-order valence-electron chi connectivity index (χ3n) is 6.99. The first-order valence-electron chi connectivity index (χ1n) is 12.2. The molecule has 0 aromatic heterocycles. The molecule has 0 radical (unpaired) electrons. The fraction of sp³-hybridized carbons (Fsp3) is 0.483. The van der Waals surface area contributed by atoms with Crippen LogP contribution in [0.1, 0.15) is 98.7 Å². The number of allylic oxidation sites excluding steroid dienone is 1. The van der Waals surface area contributed by atoms with Crippen LogP contribution in [0.3, 0.4) is 0 Å². The van der Waals surface area contributed by atoms with Crippen LogP contribution in [-0.2, 0) is 6.42 Å². The molecule has 3 heteroatoms. The lowest BCUT2D eigenvalue weighted by atomic mass is 9.76. The van der Waals surface area contributed by atoms with Gasteiger partial charge in [-0.05, 0) is 72.8 Å². The van der Waals surface area contributed by atoms with Gasteiger partial charge in [-0.1, -0.05) is 76.5 Å². The Kier molecular flexibility index (Phi) is 8.69. The SMILES string of the molecule is CC1(CO)CCCCC1.CCC(C)c1ccc(C(=O)Oc2cccc3c2C=CCC3)cc1. The van der Waals surface area contributed by atoms with Gasteiger partial charge in [0, 0.05) is 12.2 Å². The minimum Gasteiger partial charge on any atom is -0.422 e. The molecule has 2 aliphatic rings. The van der Waals surface area contributed by atoms with E-state index in [1.54, 1.807) is 0 Å². The zero-order chi connectivity index (χ0) is 23.0. The molecule has 1 unspecified atom stereocenters. The second-order valence-corrected chi connectivity index (χ2v) is 9.62. The summed E-state index contributed by atoms with van der Waals surface area (Å²) < 4.78 is 5.64. The lowest BCUT2D eigenvalue weighted by Crippen LogP contribution is -2.23. The molecule has 2 aromatic rings. The van der Waals surface area contributed by atoms with Gasteiger partial charge in [0.05, 0.1) is 5.56 Å². The van der Waals surface area contributed by atoms with Crippen LogP contribution in [0.15, 0.2) is 48.5 Å². The highest BCUT2D eigenvalue weighted by atomic mass is 16.5. The highest BCUT2D eigenvalue weighted by Gasteiger charge is 2.25. The lowest BCUT2D eigenvalue weighted by molar-refractivity contribution is 0.0734. The van der Waals surface area contributed by atoms with Crippen molar-refractivity contribution in [3.8, 4) is 5.75 Å². The maximum atomic E-state index is 12.4. The van der Waals surface area contributed by atoms with Gasteiger partial charge >= 0.3 is 5.97 Å². The number of hydrogen-bond acceptors (Lipinski definition) is 3. The van der Waals surface area contributed by atoms with E-state index >= 15 is 0 Å². The molecule has 1 saturated carbocycles. The molecule has 0 aliphatic heterocycles. The summed E-state index contributed by atoms with van der Waals surface area (Å²) in [5, 5.41) is 8.95. The van der Waals surface area contributed by atoms with Gasteiger partial charge in [-0.3, -0.25) is 0 Å². The monoisotopic (exact) mass is 434 g/mol. The van der Waals surface area contributed by atoms with E-state index in [-0.39, 0.29) is 11.4 Å². The standard InChI is InChI=1S/C21H22O2.C8H16O/c1-3-15(2)16-11-13-18(14-12-16)21(22)23-20-10-6-8-17-7-4-5-9-19(17)20;1-8(7-9)5-3-2-4-6-8/h5-6,8-15H,3-4,7H2,1-2H3;9H,2-7H2,1H3. The van der Waals surface area contributed by atoms with E-state index in [1.807, 2.05) is 42.5 Å².